The van der Waals surface area contributed by atoms with Gasteiger partial charge in [-0.3, -0.25) is 14.3 Å². The number of azide groups is 1. The highest BCUT2D eigenvalue weighted by Gasteiger charge is 2.42. The molecule has 2 aromatic heterocycles. The molecule has 1 unspecified atom stereocenters. The topological polar surface area (TPSA) is 158 Å². The Hall–Kier alpha value is -4.84. The molecule has 0 spiro atoms. The third kappa shape index (κ3) is 3.71. The molecule has 2 atom stereocenters. The number of nitrogens with zero attached hydrogens (tertiary/aromatic N) is 8. The molecule has 0 saturated carbocycles. The van der Waals surface area contributed by atoms with E-state index in [9.17, 15) is 18.4 Å². The number of urea groups is 1. The van der Waals surface area contributed by atoms with Crippen molar-refractivity contribution in [2.45, 2.75) is 12.0 Å². The first kappa shape index (κ1) is 22.0. The van der Waals surface area contributed by atoms with Gasteiger partial charge in [-0.1, -0.05) is 12.1 Å². The molecule has 12 nitrogen and oxygen atoms in total. The number of hydrogen-bond donors (Lipinski definition) is 2. The highest BCUT2D eigenvalue weighted by molar-refractivity contribution is 5.98. The van der Waals surface area contributed by atoms with Gasteiger partial charge in [-0.25, -0.2) is 18.9 Å². The van der Waals surface area contributed by atoms with Gasteiger partial charge in [-0.05, 0) is 35.4 Å². The average molecular weight is 478 g/mol. The van der Waals surface area contributed by atoms with E-state index >= 15 is 0 Å². The lowest BCUT2D eigenvalue weighted by atomic mass is 9.82. The van der Waals surface area contributed by atoms with E-state index in [0.29, 0.717) is 22.5 Å². The van der Waals surface area contributed by atoms with E-state index in [4.69, 9.17) is 5.53 Å². The summed E-state index contributed by atoms with van der Waals surface area (Å²) in [5, 5.41) is 16.8. The highest BCUT2D eigenvalue weighted by atomic mass is 19.1. The molecule has 0 fully saturated rings. The summed E-state index contributed by atoms with van der Waals surface area (Å²) in [7, 11) is 1.68. The number of carbonyl (C=O) groups excluding carboxylic acids is 1. The second kappa shape index (κ2) is 8.50. The minimum absolute atomic E-state index is 0.0566. The maximum Gasteiger partial charge on any atom is 0.309 e. The summed E-state index contributed by atoms with van der Waals surface area (Å²) in [5.74, 6) is -1.36. The number of halogens is 2. The normalized spacial score (nSPS) is 16.7. The van der Waals surface area contributed by atoms with Crippen molar-refractivity contribution in [2.24, 2.45) is 12.2 Å². The van der Waals surface area contributed by atoms with Crippen molar-refractivity contribution < 1.29 is 13.6 Å². The molecule has 0 bridgehead atoms. The highest BCUT2D eigenvalue weighted by Crippen LogP contribution is 2.49. The first-order valence-electron chi connectivity index (χ1n) is 10.3. The molecular weight excluding hydrogens is 462 g/mol. The number of aromatic amines is 1. The van der Waals surface area contributed by atoms with Crippen molar-refractivity contribution in [3.05, 3.63) is 92.2 Å². The predicted octanol–water partition coefficient (Wildman–Crippen LogP) is 3.00. The summed E-state index contributed by atoms with van der Waals surface area (Å²) in [5.41, 5.74) is 9.24. The standard InChI is InChI=1S/C21H16F2N10O2/c1-32-19(25-8-27-32)16-17-15-13(20(34)29-28-17)6-12(23)7-14(15)33(9-26-21(35)30-31-24)18(16)10-2-4-11(22)5-3-10/h2-8,16,18H,9H2,1H3,(H,26,35)(H,29,34)/t16-,18?/m0/s1. The smallest absolute Gasteiger partial charge is 0.309 e. The van der Waals surface area contributed by atoms with Crippen molar-refractivity contribution in [3.63, 3.8) is 0 Å². The lowest BCUT2D eigenvalue weighted by molar-refractivity contribution is 0.248. The minimum Gasteiger partial charge on any atom is -0.345 e. The van der Waals surface area contributed by atoms with Crippen molar-refractivity contribution >= 4 is 22.5 Å². The third-order valence-electron chi connectivity index (χ3n) is 5.89. The summed E-state index contributed by atoms with van der Waals surface area (Å²) < 4.78 is 30.0. The van der Waals surface area contributed by atoms with Gasteiger partial charge < -0.3 is 10.2 Å². The summed E-state index contributed by atoms with van der Waals surface area (Å²) in [6.45, 7) is -0.237. The Morgan fingerprint density at radius 3 is 2.71 bits per heavy atom. The molecule has 0 saturated heterocycles. The number of H-pyrrole nitrogens is 1. The lowest BCUT2D eigenvalue weighted by Crippen LogP contribution is -2.44. The zero-order chi connectivity index (χ0) is 24.7. The molecule has 2 amide bonds. The van der Waals surface area contributed by atoms with Crippen LogP contribution in [0.4, 0.5) is 19.3 Å². The Morgan fingerprint density at radius 2 is 2.03 bits per heavy atom. The molecule has 14 heteroatoms. The van der Waals surface area contributed by atoms with Gasteiger partial charge in [0.15, 0.2) is 0 Å². The van der Waals surface area contributed by atoms with E-state index in [1.54, 1.807) is 24.1 Å². The van der Waals surface area contributed by atoms with Gasteiger partial charge in [0.2, 0.25) is 0 Å². The number of aryl methyl sites for hydroxylation is 1. The Balaban J connectivity index is 1.82. The van der Waals surface area contributed by atoms with E-state index in [1.165, 1.54) is 29.2 Å². The molecule has 4 aromatic rings. The van der Waals surface area contributed by atoms with Gasteiger partial charge in [-0.15, -0.1) is 0 Å². The number of aromatic nitrogens is 5. The minimum atomic E-state index is -0.956. The summed E-state index contributed by atoms with van der Waals surface area (Å²) >= 11 is 0. The van der Waals surface area contributed by atoms with Gasteiger partial charge >= 0.3 is 6.03 Å². The Kier molecular flexibility index (Phi) is 5.34. The van der Waals surface area contributed by atoms with Crippen LogP contribution in [0.1, 0.15) is 29.0 Å². The van der Waals surface area contributed by atoms with Gasteiger partial charge in [0.05, 0.1) is 35.4 Å². The van der Waals surface area contributed by atoms with Crippen LogP contribution in [0.2, 0.25) is 0 Å². The molecule has 176 valence electrons. The number of anilines is 1. The van der Waals surface area contributed by atoms with Gasteiger partial charge in [0, 0.05) is 22.5 Å². The van der Waals surface area contributed by atoms with Gasteiger partial charge in [-0.2, -0.15) is 10.2 Å². The maximum atomic E-state index is 14.7. The largest absolute Gasteiger partial charge is 0.345 e. The SMILES string of the molecule is Cn1ncnc1[C@H]1c2n[nH]c(=O)c3cc(F)cc(c23)N(CNC(=O)N=[N+]=[N-])C1c1ccc(F)cc1. The Morgan fingerprint density at radius 1 is 1.26 bits per heavy atom. The number of amides is 2. The fourth-order valence-corrected chi connectivity index (χ4v) is 4.49. The molecule has 1 aliphatic rings. The molecule has 0 radical (unpaired) electrons. The first-order chi connectivity index (χ1) is 16.9. The van der Waals surface area contributed by atoms with Crippen molar-refractivity contribution in [2.75, 3.05) is 11.6 Å². The maximum absolute atomic E-state index is 14.7. The number of benzene rings is 2. The Bertz CT molecular complexity index is 1560. The van der Waals surface area contributed by atoms with Crippen LogP contribution in [0.5, 0.6) is 0 Å². The zero-order valence-corrected chi connectivity index (χ0v) is 18.1. The Labute approximate surface area is 194 Å². The molecule has 2 aromatic carbocycles. The fraction of sp³-hybridized carbons (Fsp3) is 0.190. The van der Waals surface area contributed by atoms with Crippen molar-refractivity contribution in [1.29, 1.82) is 0 Å². The first-order valence-corrected chi connectivity index (χ1v) is 10.3. The molecule has 0 aliphatic carbocycles. The van der Waals surface area contributed by atoms with E-state index in [0.717, 1.165) is 6.07 Å². The molecule has 35 heavy (non-hydrogen) atoms. The van der Waals surface area contributed by atoms with Crippen LogP contribution < -0.4 is 15.8 Å². The van der Waals surface area contributed by atoms with E-state index < -0.39 is 35.2 Å². The van der Waals surface area contributed by atoms with Crippen LogP contribution in [0, 0.1) is 11.6 Å². The summed E-state index contributed by atoms with van der Waals surface area (Å²) in [6.07, 6.45) is 1.36. The number of hydrogen-bond acceptors (Lipinski definition) is 6. The molecule has 2 N–H and O–H groups in total. The second-order valence-corrected chi connectivity index (χ2v) is 7.80. The van der Waals surface area contributed by atoms with Crippen LogP contribution in [0.25, 0.3) is 21.2 Å². The van der Waals surface area contributed by atoms with Gasteiger partial charge in [0.1, 0.15) is 23.8 Å². The molecular formula is C21H16F2N10O2. The average Bonchev–Trinajstić information content (AvgIpc) is 3.26. The quantitative estimate of drug-likeness (QED) is 0.261. The molecule has 3 heterocycles. The van der Waals surface area contributed by atoms with E-state index in [-0.39, 0.29) is 17.7 Å². The zero-order valence-electron chi connectivity index (χ0n) is 18.1. The molecule has 1 aliphatic heterocycles. The van der Waals surface area contributed by atoms with Crippen LogP contribution in [-0.2, 0) is 7.05 Å². The van der Waals surface area contributed by atoms with Crippen molar-refractivity contribution in [3.8, 4) is 0 Å². The van der Waals surface area contributed by atoms with Crippen LogP contribution in [0.15, 0.2) is 52.6 Å². The number of nitrogens with one attached hydrogen (secondary N) is 2. The summed E-state index contributed by atoms with van der Waals surface area (Å²) in [4.78, 5) is 33.0. The number of rotatable bonds is 4. The lowest BCUT2D eigenvalue weighted by Gasteiger charge is -2.42. The predicted molar refractivity (Wildman–Crippen MR) is 119 cm³/mol. The van der Waals surface area contributed by atoms with Crippen LogP contribution >= 0.6 is 0 Å². The fourth-order valence-electron chi connectivity index (χ4n) is 4.49. The monoisotopic (exact) mass is 478 g/mol. The van der Waals surface area contributed by atoms with Crippen LogP contribution in [-0.4, -0.2) is 37.7 Å². The molecule has 5 rings (SSSR count). The van der Waals surface area contributed by atoms with E-state index in [2.05, 4.69) is 35.6 Å². The second-order valence-electron chi connectivity index (χ2n) is 7.80. The number of carbonyl (C=O) groups is 1. The van der Waals surface area contributed by atoms with Gasteiger partial charge in [0.25, 0.3) is 5.56 Å². The third-order valence-corrected chi connectivity index (χ3v) is 5.89. The van der Waals surface area contributed by atoms with E-state index in [1.807, 2.05) is 0 Å². The van der Waals surface area contributed by atoms with Crippen molar-refractivity contribution in [1.82, 2.24) is 30.3 Å². The van der Waals surface area contributed by atoms with Crippen LogP contribution in [0.3, 0.4) is 0 Å². The summed E-state index contributed by atoms with van der Waals surface area (Å²) in [6, 6.07) is 6.32.